The molecule has 0 unspecified atom stereocenters. The summed E-state index contributed by atoms with van der Waals surface area (Å²) >= 11 is 0. The number of carbonyl (C=O) groups is 2. The van der Waals surface area contributed by atoms with Gasteiger partial charge in [0.2, 0.25) is 0 Å². The average molecular weight is 409 g/mol. The minimum Gasteiger partial charge on any atom is -0.393 e. The first-order chi connectivity index (χ1) is 14.4. The van der Waals surface area contributed by atoms with Gasteiger partial charge >= 0.3 is 0 Å². The molecular weight excluding hydrogens is 385 g/mol. The highest BCUT2D eigenvalue weighted by molar-refractivity contribution is 6.04. The van der Waals surface area contributed by atoms with Crippen molar-refractivity contribution in [2.24, 2.45) is 5.92 Å². The molecule has 0 saturated heterocycles. The van der Waals surface area contributed by atoms with Crippen molar-refractivity contribution in [1.29, 1.82) is 0 Å². The maximum Gasteiger partial charge on any atom is 0.274 e. The number of pyridine rings is 1. The van der Waals surface area contributed by atoms with E-state index in [0.29, 0.717) is 17.6 Å². The number of Topliss-reactive ketones (excluding diaryl/α,β-unsaturated/α-hetero) is 1. The van der Waals surface area contributed by atoms with Crippen LogP contribution in [0.4, 0.5) is 10.1 Å². The summed E-state index contributed by atoms with van der Waals surface area (Å²) in [5.74, 6) is -1.38. The van der Waals surface area contributed by atoms with Gasteiger partial charge in [-0.1, -0.05) is 18.9 Å². The Morgan fingerprint density at radius 2 is 2.03 bits per heavy atom. The van der Waals surface area contributed by atoms with Crippen molar-refractivity contribution >= 4 is 23.0 Å². The molecule has 3 aromatic rings. The number of hydrogen-bond donors (Lipinski definition) is 2. The van der Waals surface area contributed by atoms with Gasteiger partial charge in [0.25, 0.3) is 5.91 Å². The van der Waals surface area contributed by atoms with E-state index in [1.54, 1.807) is 16.7 Å². The highest BCUT2D eigenvalue weighted by atomic mass is 19.1. The summed E-state index contributed by atoms with van der Waals surface area (Å²) in [5, 5.41) is 12.7. The highest BCUT2D eigenvalue weighted by Gasteiger charge is 2.26. The summed E-state index contributed by atoms with van der Waals surface area (Å²) in [6, 6.07) is 7.64. The van der Waals surface area contributed by atoms with E-state index in [9.17, 15) is 19.1 Å². The predicted octanol–water partition coefficient (Wildman–Crippen LogP) is 4.16. The summed E-state index contributed by atoms with van der Waals surface area (Å²) in [5.41, 5.74) is 2.10. The van der Waals surface area contributed by atoms with E-state index >= 15 is 0 Å². The van der Waals surface area contributed by atoms with Crippen LogP contribution in [0.3, 0.4) is 0 Å². The summed E-state index contributed by atoms with van der Waals surface area (Å²) in [4.78, 5) is 29.6. The van der Waals surface area contributed by atoms with Gasteiger partial charge < -0.3 is 10.4 Å². The predicted molar refractivity (Wildman–Crippen MR) is 111 cm³/mol. The van der Waals surface area contributed by atoms with E-state index in [4.69, 9.17) is 0 Å². The number of carbonyl (C=O) groups excluding carboxylic acids is 2. The molecule has 2 N–H and O–H groups in total. The first-order valence-corrected chi connectivity index (χ1v) is 10.2. The van der Waals surface area contributed by atoms with Gasteiger partial charge in [-0.05, 0) is 55.5 Å². The molecule has 30 heavy (non-hydrogen) atoms. The van der Waals surface area contributed by atoms with Crippen molar-refractivity contribution in [2.75, 3.05) is 5.32 Å². The number of nitrogens with one attached hydrogen (secondary N) is 1. The van der Waals surface area contributed by atoms with E-state index in [1.807, 2.05) is 13.0 Å². The average Bonchev–Trinajstić information content (AvgIpc) is 3.14. The number of ketones is 1. The van der Waals surface area contributed by atoms with E-state index in [1.165, 1.54) is 24.4 Å². The van der Waals surface area contributed by atoms with Crippen LogP contribution in [0.2, 0.25) is 0 Å². The van der Waals surface area contributed by atoms with Crippen molar-refractivity contribution < 1.29 is 19.1 Å². The number of hydrogen-bond acceptors (Lipinski definition) is 4. The Morgan fingerprint density at radius 3 is 2.83 bits per heavy atom. The Balaban J connectivity index is 1.53. The Morgan fingerprint density at radius 1 is 1.23 bits per heavy atom. The molecular formula is C23H24FN3O3. The number of benzene rings is 1. The maximum absolute atomic E-state index is 14.3. The SMILES string of the molecule is Cc1ccc2ncc(C(=O)Nc3cc(C(=O)C[C@H]4CCCC[C@@H]4O)ccc3F)n2c1. The quantitative estimate of drug-likeness (QED) is 0.620. The van der Waals surface area contributed by atoms with Crippen LogP contribution in [0, 0.1) is 18.7 Å². The van der Waals surface area contributed by atoms with Crippen LogP contribution in [0.1, 0.15) is 58.5 Å². The van der Waals surface area contributed by atoms with Crippen LogP contribution in [-0.2, 0) is 0 Å². The number of rotatable bonds is 5. The van der Waals surface area contributed by atoms with Crippen LogP contribution < -0.4 is 5.32 Å². The Hall–Kier alpha value is -3.06. The number of aromatic nitrogens is 2. The smallest absolute Gasteiger partial charge is 0.274 e. The van der Waals surface area contributed by atoms with Crippen LogP contribution in [0.5, 0.6) is 0 Å². The molecule has 1 saturated carbocycles. The zero-order chi connectivity index (χ0) is 21.3. The number of aryl methyl sites for hydroxylation is 1. The third-order valence-electron chi connectivity index (χ3n) is 5.74. The molecule has 156 valence electrons. The number of halogens is 1. The van der Waals surface area contributed by atoms with Gasteiger partial charge in [0.05, 0.1) is 18.0 Å². The molecule has 0 radical (unpaired) electrons. The molecule has 2 atom stereocenters. The van der Waals surface area contributed by atoms with Crippen LogP contribution >= 0.6 is 0 Å². The summed E-state index contributed by atoms with van der Waals surface area (Å²) in [6.07, 6.45) is 6.45. The lowest BCUT2D eigenvalue weighted by atomic mass is 9.82. The molecule has 1 fully saturated rings. The van der Waals surface area contributed by atoms with Crippen LogP contribution in [-0.4, -0.2) is 32.3 Å². The van der Waals surface area contributed by atoms with Crippen molar-refractivity contribution in [1.82, 2.24) is 9.38 Å². The topological polar surface area (TPSA) is 83.7 Å². The molecule has 2 aromatic heterocycles. The van der Waals surface area contributed by atoms with Crippen molar-refractivity contribution in [3.8, 4) is 0 Å². The third kappa shape index (κ3) is 4.11. The second-order valence-corrected chi connectivity index (χ2v) is 7.97. The van der Waals surface area contributed by atoms with Gasteiger partial charge in [-0.2, -0.15) is 0 Å². The van der Waals surface area contributed by atoms with Gasteiger partial charge in [-0.15, -0.1) is 0 Å². The second kappa shape index (κ2) is 8.36. The molecule has 1 aromatic carbocycles. The first-order valence-electron chi connectivity index (χ1n) is 10.2. The lowest BCUT2D eigenvalue weighted by Crippen LogP contribution is -2.26. The lowest BCUT2D eigenvalue weighted by molar-refractivity contribution is 0.0583. The van der Waals surface area contributed by atoms with E-state index in [2.05, 4.69) is 10.3 Å². The molecule has 2 heterocycles. The first kappa shape index (κ1) is 20.2. The summed E-state index contributed by atoms with van der Waals surface area (Å²) in [7, 11) is 0. The van der Waals surface area contributed by atoms with Crippen molar-refractivity contribution in [3.63, 3.8) is 0 Å². The molecule has 0 aliphatic heterocycles. The number of imidazole rings is 1. The van der Waals surface area contributed by atoms with E-state index in [0.717, 1.165) is 24.8 Å². The van der Waals surface area contributed by atoms with Gasteiger partial charge in [0.15, 0.2) is 5.78 Å². The maximum atomic E-state index is 14.3. The lowest BCUT2D eigenvalue weighted by Gasteiger charge is -2.26. The number of fused-ring (bicyclic) bond motifs is 1. The molecule has 1 amide bonds. The normalized spacial score (nSPS) is 19.0. The largest absolute Gasteiger partial charge is 0.393 e. The fourth-order valence-corrected chi connectivity index (χ4v) is 4.02. The van der Waals surface area contributed by atoms with Gasteiger partial charge in [0, 0.05) is 18.2 Å². The molecule has 1 aliphatic rings. The van der Waals surface area contributed by atoms with Gasteiger partial charge in [-0.25, -0.2) is 9.37 Å². The number of anilines is 1. The standard InChI is InChI=1S/C23H24FN3O3/c1-14-6-9-22-25-12-19(27(22)13-14)23(30)26-18-10-16(7-8-17(18)24)21(29)11-15-4-2-3-5-20(15)28/h6-10,12-13,15,20,28H,2-5,11H2,1H3,(H,26,30)/t15-,20+/m1/s1. The zero-order valence-electron chi connectivity index (χ0n) is 16.8. The molecule has 6 nitrogen and oxygen atoms in total. The Bertz CT molecular complexity index is 1110. The number of nitrogens with zero attached hydrogens (tertiary/aromatic N) is 2. The molecule has 1 aliphatic carbocycles. The summed E-state index contributed by atoms with van der Waals surface area (Å²) in [6.45, 7) is 1.90. The molecule has 7 heteroatoms. The minimum absolute atomic E-state index is 0.0577. The molecule has 0 spiro atoms. The van der Waals surface area contributed by atoms with Crippen molar-refractivity contribution in [2.45, 2.75) is 45.1 Å². The molecule has 4 rings (SSSR count). The number of aliphatic hydroxyl groups excluding tert-OH is 1. The fraction of sp³-hybridized carbons (Fsp3) is 0.348. The van der Waals surface area contributed by atoms with Gasteiger partial charge in [0.1, 0.15) is 17.2 Å². The Labute approximate surface area is 173 Å². The zero-order valence-corrected chi connectivity index (χ0v) is 16.8. The van der Waals surface area contributed by atoms with E-state index < -0.39 is 17.8 Å². The van der Waals surface area contributed by atoms with E-state index in [-0.39, 0.29) is 29.5 Å². The molecule has 0 bridgehead atoms. The number of amides is 1. The monoisotopic (exact) mass is 409 g/mol. The number of aliphatic hydroxyl groups is 1. The highest BCUT2D eigenvalue weighted by Crippen LogP contribution is 2.29. The second-order valence-electron chi connectivity index (χ2n) is 7.97. The van der Waals surface area contributed by atoms with Crippen LogP contribution in [0.25, 0.3) is 5.65 Å². The van der Waals surface area contributed by atoms with Crippen molar-refractivity contribution in [3.05, 3.63) is 65.4 Å². The minimum atomic E-state index is -0.623. The van der Waals surface area contributed by atoms with Crippen LogP contribution in [0.15, 0.2) is 42.7 Å². The van der Waals surface area contributed by atoms with Gasteiger partial charge in [-0.3, -0.25) is 14.0 Å². The Kier molecular flexibility index (Phi) is 5.63. The fourth-order valence-electron chi connectivity index (χ4n) is 4.02. The third-order valence-corrected chi connectivity index (χ3v) is 5.74. The summed E-state index contributed by atoms with van der Waals surface area (Å²) < 4.78 is 16.0.